The summed E-state index contributed by atoms with van der Waals surface area (Å²) in [6.07, 6.45) is 32.8. The first-order chi connectivity index (χ1) is 25.9. The number of phosphoric ester groups is 1. The molecule has 0 aliphatic rings. The zero-order valence-electron chi connectivity index (χ0n) is 36.1. The fourth-order valence-corrected chi connectivity index (χ4v) is 8.20. The Morgan fingerprint density at radius 1 is 0.556 bits per heavy atom. The van der Waals surface area contributed by atoms with Crippen LogP contribution in [-0.2, 0) is 23.2 Å². The lowest BCUT2D eigenvalue weighted by Crippen LogP contribution is -2.58. The maximum absolute atomic E-state index is 13.8. The highest BCUT2D eigenvalue weighted by atomic mass is 31.2. The highest BCUT2D eigenvalue weighted by Gasteiger charge is 2.55. The van der Waals surface area contributed by atoms with E-state index in [-0.39, 0.29) is 19.4 Å². The highest BCUT2D eigenvalue weighted by molar-refractivity contribution is 7.47. The number of phosphoric acid groups is 1. The zero-order chi connectivity index (χ0) is 40.4. The van der Waals surface area contributed by atoms with Gasteiger partial charge in [-0.25, -0.2) is 4.57 Å². The summed E-state index contributed by atoms with van der Waals surface area (Å²) in [5.41, 5.74) is -2.65. The Bertz CT molecular complexity index is 894. The van der Waals surface area contributed by atoms with Gasteiger partial charge in [0.2, 0.25) is 5.60 Å². The van der Waals surface area contributed by atoms with E-state index in [9.17, 15) is 29.3 Å². The molecule has 9 nitrogen and oxygen atoms in total. The molecule has 54 heavy (non-hydrogen) atoms. The summed E-state index contributed by atoms with van der Waals surface area (Å²) in [5, 5.41) is 21.0. The third-order valence-electron chi connectivity index (χ3n) is 10.8. The van der Waals surface area contributed by atoms with Gasteiger partial charge in [0, 0.05) is 12.8 Å². The van der Waals surface area contributed by atoms with E-state index in [1.54, 1.807) is 0 Å². The fraction of sp³-hybridized carbons (Fsp3) is 0.955. The first kappa shape index (κ1) is 53.3. The molecule has 2 atom stereocenters. The number of aliphatic hydroxyl groups is 2. The van der Waals surface area contributed by atoms with Crippen molar-refractivity contribution in [2.45, 2.75) is 231 Å². The van der Waals surface area contributed by atoms with Crippen LogP contribution in [0.1, 0.15) is 219 Å². The summed E-state index contributed by atoms with van der Waals surface area (Å²) in [7, 11) is 0.743. The normalized spacial score (nSPS) is 14.0. The van der Waals surface area contributed by atoms with Gasteiger partial charge in [-0.3, -0.25) is 18.6 Å². The Kier molecular flexibility index (Phi) is 34.0. The van der Waals surface area contributed by atoms with Gasteiger partial charge in [-0.1, -0.05) is 194 Å². The minimum Gasteiger partial charge on any atom is -0.394 e. The van der Waals surface area contributed by atoms with Gasteiger partial charge in [0.1, 0.15) is 19.3 Å². The molecule has 0 heterocycles. The molecule has 0 spiro atoms. The maximum atomic E-state index is 13.8. The van der Waals surface area contributed by atoms with Gasteiger partial charge in [-0.05, 0) is 12.8 Å². The minimum atomic E-state index is -4.95. The van der Waals surface area contributed by atoms with E-state index in [0.29, 0.717) is 23.9 Å². The molecular weight excluding hydrogens is 701 g/mol. The summed E-state index contributed by atoms with van der Waals surface area (Å²) in [6.45, 7) is 3.76. The second-order valence-electron chi connectivity index (χ2n) is 17.1. The first-order valence-electron chi connectivity index (χ1n) is 22.7. The maximum Gasteiger partial charge on any atom is 0.473 e. The van der Waals surface area contributed by atoms with Gasteiger partial charge in [0.25, 0.3) is 0 Å². The van der Waals surface area contributed by atoms with Crippen molar-refractivity contribution in [1.29, 1.82) is 0 Å². The van der Waals surface area contributed by atoms with Crippen LogP contribution < -0.4 is 0 Å². The van der Waals surface area contributed by atoms with Crippen molar-refractivity contribution >= 4 is 19.4 Å². The molecule has 0 radical (unpaired) electrons. The molecule has 0 rings (SSSR count). The van der Waals surface area contributed by atoms with Crippen LogP contribution in [0.4, 0.5) is 0 Å². The standard InChI is InChI=1S/C44H88NO8P/c1-6-8-10-12-14-16-18-20-22-24-26-28-30-32-34-36-41(47)44(43(49)40-46,53-54(50,51)52-39-38-45(3,4)5)42(48)37-35-33-31-29-27-25-23-21-19-17-15-13-11-9-7-2/h43,46,49H,6-40H2,1-5H3/p+1/t43-/m0/s1. The molecule has 0 aliphatic carbocycles. The minimum absolute atomic E-state index is 0.0984. The Labute approximate surface area is 333 Å². The summed E-state index contributed by atoms with van der Waals surface area (Å²) < 4.78 is 24.3. The number of likely N-dealkylation sites (N-methyl/N-ethyl adjacent to an activating group) is 1. The average molecular weight is 791 g/mol. The molecule has 322 valence electrons. The Hall–Kier alpha value is -0.670. The average Bonchev–Trinajstić information content (AvgIpc) is 3.12. The second kappa shape index (κ2) is 34.4. The van der Waals surface area contributed by atoms with Crippen molar-refractivity contribution in [2.24, 2.45) is 0 Å². The van der Waals surface area contributed by atoms with Crippen molar-refractivity contribution in [2.75, 3.05) is 40.9 Å². The smallest absolute Gasteiger partial charge is 0.394 e. The lowest BCUT2D eigenvalue weighted by atomic mass is 9.82. The molecular formula is C44H89NO8P+. The summed E-state index contributed by atoms with van der Waals surface area (Å²) in [6, 6.07) is 0. The van der Waals surface area contributed by atoms with Crippen molar-refractivity contribution in [3.05, 3.63) is 0 Å². The highest BCUT2D eigenvalue weighted by Crippen LogP contribution is 2.49. The van der Waals surface area contributed by atoms with Crippen molar-refractivity contribution in [3.63, 3.8) is 0 Å². The van der Waals surface area contributed by atoms with Gasteiger partial charge in [-0.15, -0.1) is 0 Å². The lowest BCUT2D eigenvalue weighted by molar-refractivity contribution is -0.870. The predicted octanol–water partition coefficient (Wildman–Crippen LogP) is 11.6. The van der Waals surface area contributed by atoms with Crippen LogP contribution in [0.25, 0.3) is 0 Å². The molecule has 0 aliphatic heterocycles. The van der Waals surface area contributed by atoms with E-state index in [2.05, 4.69) is 13.8 Å². The number of aliphatic hydroxyl groups excluding tert-OH is 2. The molecule has 0 saturated heterocycles. The van der Waals surface area contributed by atoms with Gasteiger partial charge in [0.15, 0.2) is 11.6 Å². The number of rotatable bonds is 42. The third kappa shape index (κ3) is 28.7. The van der Waals surface area contributed by atoms with Gasteiger partial charge >= 0.3 is 7.82 Å². The van der Waals surface area contributed by atoms with E-state index in [1.807, 2.05) is 21.1 Å². The Balaban J connectivity index is 4.92. The lowest BCUT2D eigenvalue weighted by Gasteiger charge is -2.35. The van der Waals surface area contributed by atoms with E-state index < -0.39 is 37.7 Å². The summed E-state index contributed by atoms with van der Waals surface area (Å²) >= 11 is 0. The van der Waals surface area contributed by atoms with Crippen LogP contribution in [0, 0.1) is 0 Å². The quantitative estimate of drug-likeness (QED) is 0.0241. The van der Waals surface area contributed by atoms with Crippen LogP contribution in [0.15, 0.2) is 0 Å². The molecule has 3 N–H and O–H groups in total. The van der Waals surface area contributed by atoms with E-state index >= 15 is 0 Å². The van der Waals surface area contributed by atoms with Crippen LogP contribution in [0.3, 0.4) is 0 Å². The summed E-state index contributed by atoms with van der Waals surface area (Å²) in [5.74, 6) is -1.54. The van der Waals surface area contributed by atoms with Crippen LogP contribution in [-0.4, -0.2) is 83.8 Å². The number of quaternary nitrogens is 1. The molecule has 10 heteroatoms. The SMILES string of the molecule is CCCCCCCCCCCCCCCCCC(=O)C(OP(=O)(O)OCC[N+](C)(C)C)(C(=O)CCCCCCCCCCCCCCCCC)[C@@H](O)CO. The monoisotopic (exact) mass is 791 g/mol. The molecule has 0 aromatic rings. The molecule has 0 saturated carbocycles. The first-order valence-corrected chi connectivity index (χ1v) is 24.2. The van der Waals surface area contributed by atoms with E-state index in [4.69, 9.17) is 9.05 Å². The molecule has 0 aromatic carbocycles. The van der Waals surface area contributed by atoms with Crippen LogP contribution in [0.5, 0.6) is 0 Å². The van der Waals surface area contributed by atoms with Crippen LogP contribution in [0.2, 0.25) is 0 Å². The molecule has 0 bridgehead atoms. The number of ketones is 2. The van der Waals surface area contributed by atoms with Gasteiger partial charge < -0.3 is 19.6 Å². The number of unbranched alkanes of at least 4 members (excludes halogenated alkanes) is 28. The van der Waals surface area contributed by atoms with Gasteiger partial charge in [0.05, 0.1) is 27.7 Å². The number of nitrogens with zero attached hydrogens (tertiary/aromatic N) is 1. The fourth-order valence-electron chi connectivity index (χ4n) is 7.14. The molecule has 1 unspecified atom stereocenters. The number of hydrogen-bond donors (Lipinski definition) is 3. The predicted molar refractivity (Wildman–Crippen MR) is 225 cm³/mol. The van der Waals surface area contributed by atoms with Crippen molar-refractivity contribution < 1.29 is 42.8 Å². The van der Waals surface area contributed by atoms with Crippen molar-refractivity contribution in [1.82, 2.24) is 0 Å². The largest absolute Gasteiger partial charge is 0.473 e. The topological polar surface area (TPSA) is 130 Å². The van der Waals surface area contributed by atoms with Crippen LogP contribution >= 0.6 is 7.82 Å². The Morgan fingerprint density at radius 3 is 1.09 bits per heavy atom. The van der Waals surface area contributed by atoms with Crippen molar-refractivity contribution in [3.8, 4) is 0 Å². The van der Waals surface area contributed by atoms with E-state index in [0.717, 1.165) is 51.4 Å². The summed E-state index contributed by atoms with van der Waals surface area (Å²) in [4.78, 5) is 38.3. The number of hydrogen-bond acceptors (Lipinski definition) is 7. The number of carbonyl (C=O) groups excluding carboxylic acids is 2. The number of Topliss-reactive ketones (excluding diaryl/α,β-unsaturated/α-hetero) is 2. The van der Waals surface area contributed by atoms with E-state index in [1.165, 1.54) is 128 Å². The molecule has 0 amide bonds. The zero-order valence-corrected chi connectivity index (χ0v) is 37.0. The molecule has 0 aromatic heterocycles. The van der Waals surface area contributed by atoms with Gasteiger partial charge in [-0.2, -0.15) is 0 Å². The second-order valence-corrected chi connectivity index (χ2v) is 18.5. The Morgan fingerprint density at radius 2 is 0.833 bits per heavy atom. The number of carbonyl (C=O) groups is 2. The molecule has 0 fully saturated rings. The third-order valence-corrected chi connectivity index (χ3v) is 11.8.